The van der Waals surface area contributed by atoms with Crippen LogP contribution in [0.2, 0.25) is 0 Å². The molecule has 3 heterocycles. The molecule has 0 unspecified atom stereocenters. The Balaban J connectivity index is 1.82. The lowest BCUT2D eigenvalue weighted by atomic mass is 10.1. The van der Waals surface area contributed by atoms with Gasteiger partial charge in [-0.3, -0.25) is 24.2 Å². The maximum absolute atomic E-state index is 13.1. The minimum atomic E-state index is -1.13. The van der Waals surface area contributed by atoms with Gasteiger partial charge in [-0.1, -0.05) is 29.5 Å². The molecule has 0 spiro atoms. The molecule has 0 aliphatic carbocycles. The number of nitrogens with zero attached hydrogens (tertiary/aromatic N) is 5. The number of amides is 2. The monoisotopic (exact) mass is 429 g/mol. The van der Waals surface area contributed by atoms with Crippen molar-refractivity contribution in [1.29, 1.82) is 0 Å². The minimum absolute atomic E-state index is 0.203. The molecule has 29 heavy (non-hydrogen) atoms. The number of carbonyl (C=O) groups is 3. The van der Waals surface area contributed by atoms with E-state index in [0.29, 0.717) is 28.1 Å². The SMILES string of the molecule is CCN1C(=O)/C(=C2/C(=O)N(CC(=O)O)c3ccccc32)S/C1=N/c1nnc(C)s1. The molecule has 11 heteroatoms. The third kappa shape index (κ3) is 3.32. The van der Waals surface area contributed by atoms with Crippen molar-refractivity contribution in [3.8, 4) is 0 Å². The second-order valence-corrected chi connectivity index (χ2v) is 8.29. The zero-order valence-corrected chi connectivity index (χ0v) is 17.1. The molecule has 0 saturated carbocycles. The minimum Gasteiger partial charge on any atom is -0.480 e. The fourth-order valence-corrected chi connectivity index (χ4v) is 4.88. The lowest BCUT2D eigenvalue weighted by Crippen LogP contribution is -2.33. The first-order valence-electron chi connectivity index (χ1n) is 8.66. The van der Waals surface area contributed by atoms with Crippen LogP contribution >= 0.6 is 23.1 Å². The van der Waals surface area contributed by atoms with Gasteiger partial charge in [0.05, 0.1) is 16.2 Å². The number of rotatable bonds is 4. The summed E-state index contributed by atoms with van der Waals surface area (Å²) < 4.78 is 0. The standard InChI is InChI=1S/C18H15N5O4S2/c1-3-22-16(27)14(29-18(22)19-17-21-20-9(2)28-17)13-10-6-4-5-7-11(10)23(15(13)26)8-12(24)25/h4-7H,3,8H2,1-2H3,(H,24,25)/b14-13-,19-18+. The summed E-state index contributed by atoms with van der Waals surface area (Å²) in [5, 5.41) is 18.7. The van der Waals surface area contributed by atoms with Crippen molar-refractivity contribution in [3.05, 3.63) is 39.7 Å². The average Bonchev–Trinajstić information content (AvgIpc) is 3.31. The first-order valence-corrected chi connectivity index (χ1v) is 10.3. The van der Waals surface area contributed by atoms with E-state index in [1.165, 1.54) is 21.1 Å². The highest BCUT2D eigenvalue weighted by Gasteiger charge is 2.42. The lowest BCUT2D eigenvalue weighted by molar-refractivity contribution is -0.136. The highest BCUT2D eigenvalue weighted by atomic mass is 32.2. The summed E-state index contributed by atoms with van der Waals surface area (Å²) in [4.78, 5) is 44.7. The fourth-order valence-electron chi connectivity index (χ4n) is 3.12. The maximum Gasteiger partial charge on any atom is 0.323 e. The van der Waals surface area contributed by atoms with Gasteiger partial charge in [0, 0.05) is 12.1 Å². The Morgan fingerprint density at radius 2 is 1.93 bits per heavy atom. The fraction of sp³-hybridized carbons (Fsp3) is 0.222. The van der Waals surface area contributed by atoms with Gasteiger partial charge in [0.2, 0.25) is 5.13 Å². The zero-order valence-electron chi connectivity index (χ0n) is 15.4. The van der Waals surface area contributed by atoms with Crippen molar-refractivity contribution >= 4 is 62.4 Å². The summed E-state index contributed by atoms with van der Waals surface area (Å²) >= 11 is 2.39. The molecule has 9 nitrogen and oxygen atoms in total. The van der Waals surface area contributed by atoms with Gasteiger partial charge < -0.3 is 5.11 Å². The third-order valence-electron chi connectivity index (χ3n) is 4.33. The molecule has 2 amide bonds. The lowest BCUT2D eigenvalue weighted by Gasteiger charge is -2.13. The van der Waals surface area contributed by atoms with Crippen molar-refractivity contribution < 1.29 is 19.5 Å². The smallest absolute Gasteiger partial charge is 0.323 e. The summed E-state index contributed by atoms with van der Waals surface area (Å²) in [6, 6.07) is 6.86. The number of thioether (sulfide) groups is 1. The number of hydrogen-bond donors (Lipinski definition) is 1. The van der Waals surface area contributed by atoms with Gasteiger partial charge in [-0.15, -0.1) is 10.2 Å². The first kappa shape index (κ1) is 19.3. The van der Waals surface area contributed by atoms with Crippen LogP contribution < -0.4 is 4.90 Å². The van der Waals surface area contributed by atoms with Crippen molar-refractivity contribution in [2.45, 2.75) is 13.8 Å². The maximum atomic E-state index is 13.1. The van der Waals surface area contributed by atoms with Crippen LogP contribution in [0.25, 0.3) is 5.57 Å². The number of carbonyl (C=O) groups excluding carboxylic acids is 2. The van der Waals surface area contributed by atoms with E-state index in [9.17, 15) is 19.5 Å². The van der Waals surface area contributed by atoms with Crippen LogP contribution in [0.4, 0.5) is 10.8 Å². The van der Waals surface area contributed by atoms with Crippen LogP contribution in [0.1, 0.15) is 17.5 Å². The molecule has 1 N–H and O–H groups in total. The Hall–Kier alpha value is -3.05. The number of aryl methyl sites for hydroxylation is 1. The molecule has 148 valence electrons. The van der Waals surface area contributed by atoms with E-state index in [0.717, 1.165) is 16.8 Å². The number of amidine groups is 1. The number of fused-ring (bicyclic) bond motifs is 1. The molecule has 1 aromatic carbocycles. The second-order valence-electron chi connectivity index (χ2n) is 6.16. The van der Waals surface area contributed by atoms with E-state index in [-0.39, 0.29) is 16.4 Å². The van der Waals surface area contributed by atoms with E-state index >= 15 is 0 Å². The summed E-state index contributed by atoms with van der Waals surface area (Å²) in [6.45, 7) is 3.51. The zero-order chi connectivity index (χ0) is 20.7. The number of aliphatic imine (C=N–C) groups is 1. The number of para-hydroxylation sites is 1. The summed E-state index contributed by atoms with van der Waals surface area (Å²) in [5.74, 6) is -1.98. The van der Waals surface area contributed by atoms with E-state index in [4.69, 9.17) is 0 Å². The molecule has 0 atom stereocenters. The number of anilines is 1. The van der Waals surface area contributed by atoms with Gasteiger partial charge in [0.1, 0.15) is 11.6 Å². The van der Waals surface area contributed by atoms with E-state index in [2.05, 4.69) is 15.2 Å². The molecule has 0 radical (unpaired) electrons. The third-order valence-corrected chi connectivity index (χ3v) is 6.14. The number of carboxylic acids is 1. The topological polar surface area (TPSA) is 116 Å². The number of aliphatic carboxylic acids is 1. The van der Waals surface area contributed by atoms with Crippen molar-refractivity contribution in [3.63, 3.8) is 0 Å². The van der Waals surface area contributed by atoms with Crippen molar-refractivity contribution in [2.75, 3.05) is 18.0 Å². The quantitative estimate of drug-likeness (QED) is 0.741. The van der Waals surface area contributed by atoms with Crippen LogP contribution in [0.5, 0.6) is 0 Å². The van der Waals surface area contributed by atoms with Crippen LogP contribution in [0.3, 0.4) is 0 Å². The second kappa shape index (κ2) is 7.41. The van der Waals surface area contributed by atoms with Gasteiger partial charge >= 0.3 is 5.97 Å². The van der Waals surface area contributed by atoms with Gasteiger partial charge in [0.15, 0.2) is 5.17 Å². The Bertz CT molecular complexity index is 1110. The van der Waals surface area contributed by atoms with Crippen LogP contribution in [-0.2, 0) is 14.4 Å². The van der Waals surface area contributed by atoms with Crippen LogP contribution in [-0.4, -0.2) is 56.2 Å². The Morgan fingerprint density at radius 1 is 1.17 bits per heavy atom. The first-order chi connectivity index (χ1) is 13.9. The van der Waals surface area contributed by atoms with Crippen molar-refractivity contribution in [2.24, 2.45) is 4.99 Å². The number of aromatic nitrogens is 2. The normalized spacial score (nSPS) is 20.1. The molecule has 1 saturated heterocycles. The molecule has 2 aliphatic heterocycles. The van der Waals surface area contributed by atoms with E-state index < -0.39 is 18.4 Å². The Morgan fingerprint density at radius 3 is 2.59 bits per heavy atom. The molecule has 4 rings (SSSR count). The van der Waals surface area contributed by atoms with Gasteiger partial charge in [-0.05, 0) is 31.7 Å². The van der Waals surface area contributed by atoms with Gasteiger partial charge in [-0.25, -0.2) is 0 Å². The highest BCUT2D eigenvalue weighted by molar-refractivity contribution is 8.18. The molecular formula is C18H15N5O4S2. The van der Waals surface area contributed by atoms with Gasteiger partial charge in [0.25, 0.3) is 11.8 Å². The number of hydrogen-bond acceptors (Lipinski definition) is 8. The van der Waals surface area contributed by atoms with E-state index in [1.807, 2.05) is 13.8 Å². The predicted octanol–water partition coefficient (Wildman–Crippen LogP) is 2.27. The largest absolute Gasteiger partial charge is 0.480 e. The molecule has 2 aromatic rings. The molecular weight excluding hydrogens is 414 g/mol. The molecule has 2 aliphatic rings. The van der Waals surface area contributed by atoms with Gasteiger partial charge in [-0.2, -0.15) is 4.99 Å². The number of likely N-dealkylation sites (N-methyl/N-ethyl adjacent to an activating group) is 1. The average molecular weight is 429 g/mol. The number of carboxylic acid groups (broad SMARTS) is 1. The Labute approximate surface area is 173 Å². The molecule has 1 aromatic heterocycles. The van der Waals surface area contributed by atoms with Crippen LogP contribution in [0.15, 0.2) is 34.2 Å². The molecule has 1 fully saturated rings. The summed E-state index contributed by atoms with van der Waals surface area (Å²) in [7, 11) is 0. The van der Waals surface area contributed by atoms with Crippen molar-refractivity contribution in [1.82, 2.24) is 15.1 Å². The van der Waals surface area contributed by atoms with E-state index in [1.54, 1.807) is 24.3 Å². The predicted molar refractivity (Wildman–Crippen MR) is 110 cm³/mol. The van der Waals surface area contributed by atoms with Crippen LogP contribution in [0, 0.1) is 6.92 Å². The Kier molecular flexibility index (Phi) is 4.92. The number of benzene rings is 1. The molecule has 0 bridgehead atoms. The summed E-state index contributed by atoms with van der Waals surface area (Å²) in [6.07, 6.45) is 0. The highest BCUT2D eigenvalue weighted by Crippen LogP contribution is 2.44. The summed E-state index contributed by atoms with van der Waals surface area (Å²) in [5.41, 5.74) is 1.22.